The lowest BCUT2D eigenvalue weighted by molar-refractivity contribution is -0.126. The van der Waals surface area contributed by atoms with Gasteiger partial charge < -0.3 is 11.1 Å². The Balaban J connectivity index is 0.00000220. The highest BCUT2D eigenvalue weighted by molar-refractivity contribution is 9.10. The Labute approximate surface area is 141 Å². The summed E-state index contributed by atoms with van der Waals surface area (Å²) in [6.45, 7) is 2.27. The van der Waals surface area contributed by atoms with E-state index >= 15 is 0 Å². The minimum Gasteiger partial charge on any atom is -0.346 e. The number of amides is 1. The van der Waals surface area contributed by atoms with E-state index in [4.69, 9.17) is 5.73 Å². The second kappa shape index (κ2) is 8.16. The molecule has 1 fully saturated rings. The van der Waals surface area contributed by atoms with Crippen molar-refractivity contribution in [2.24, 2.45) is 11.7 Å². The van der Waals surface area contributed by atoms with E-state index < -0.39 is 0 Å². The first-order chi connectivity index (χ1) is 9.57. The third-order valence-corrected chi connectivity index (χ3v) is 4.74. The molecule has 5 heteroatoms. The van der Waals surface area contributed by atoms with Gasteiger partial charge in [0, 0.05) is 16.9 Å². The van der Waals surface area contributed by atoms with Crippen LogP contribution in [0, 0.1) is 5.92 Å². The van der Waals surface area contributed by atoms with Crippen molar-refractivity contribution in [3.8, 4) is 0 Å². The molecule has 0 aromatic heterocycles. The number of benzene rings is 1. The summed E-state index contributed by atoms with van der Waals surface area (Å²) in [4.78, 5) is 12.3. The Kier molecular flexibility index (Phi) is 7.17. The molecular formula is C16H24BrClN2O. The molecule has 3 N–H and O–H groups in total. The van der Waals surface area contributed by atoms with Gasteiger partial charge in [-0.3, -0.25) is 4.79 Å². The molecule has 3 nitrogen and oxygen atoms in total. The summed E-state index contributed by atoms with van der Waals surface area (Å²) < 4.78 is 1.06. The zero-order valence-corrected chi connectivity index (χ0v) is 14.8. The van der Waals surface area contributed by atoms with Crippen molar-refractivity contribution in [1.29, 1.82) is 0 Å². The monoisotopic (exact) mass is 374 g/mol. The van der Waals surface area contributed by atoms with Crippen LogP contribution >= 0.6 is 28.3 Å². The Morgan fingerprint density at radius 3 is 2.62 bits per heavy atom. The Bertz CT molecular complexity index is 475. The molecule has 0 saturated heterocycles. The maximum atomic E-state index is 12.3. The van der Waals surface area contributed by atoms with Crippen LogP contribution in [0.2, 0.25) is 0 Å². The van der Waals surface area contributed by atoms with Crippen LogP contribution in [0.25, 0.3) is 0 Å². The van der Waals surface area contributed by atoms with Crippen LogP contribution in [0.4, 0.5) is 0 Å². The average Bonchev–Trinajstić information content (AvgIpc) is 2.47. The van der Waals surface area contributed by atoms with Crippen molar-refractivity contribution < 1.29 is 4.79 Å². The van der Waals surface area contributed by atoms with Crippen molar-refractivity contribution in [3.05, 3.63) is 34.3 Å². The molecule has 1 unspecified atom stereocenters. The topological polar surface area (TPSA) is 55.1 Å². The molecular weight excluding hydrogens is 352 g/mol. The second-order valence-corrected chi connectivity index (χ2v) is 6.69. The van der Waals surface area contributed by atoms with Gasteiger partial charge in [-0.05, 0) is 30.5 Å². The number of nitrogens with one attached hydrogen (secondary N) is 1. The summed E-state index contributed by atoms with van der Waals surface area (Å²) in [5.41, 5.74) is 6.59. The standard InChI is InChI=1S/C16H23BrN2O.ClH/c1-12(11-18)15(20)19-16(8-3-2-4-9-16)13-6-5-7-14(17)10-13;/h5-7,10,12H,2-4,8-9,11,18H2,1H3,(H,19,20);1H. The van der Waals surface area contributed by atoms with Crippen LogP contribution in [0.1, 0.15) is 44.6 Å². The fourth-order valence-corrected chi connectivity index (χ4v) is 3.29. The first-order valence-corrected chi connectivity index (χ1v) is 8.15. The van der Waals surface area contributed by atoms with Crippen molar-refractivity contribution in [3.63, 3.8) is 0 Å². The number of hydrogen-bond acceptors (Lipinski definition) is 2. The summed E-state index contributed by atoms with van der Waals surface area (Å²) in [5, 5.41) is 3.29. The highest BCUT2D eigenvalue weighted by Crippen LogP contribution is 2.38. The Morgan fingerprint density at radius 2 is 2.05 bits per heavy atom. The number of nitrogens with two attached hydrogens (primary N) is 1. The normalized spacial score (nSPS) is 18.4. The first kappa shape index (κ1) is 18.5. The first-order valence-electron chi connectivity index (χ1n) is 7.35. The summed E-state index contributed by atoms with van der Waals surface area (Å²) in [6.07, 6.45) is 5.57. The molecule has 0 spiro atoms. The fraction of sp³-hybridized carbons (Fsp3) is 0.562. The van der Waals surface area contributed by atoms with E-state index in [2.05, 4.69) is 33.4 Å². The molecule has 118 valence electrons. The van der Waals surface area contributed by atoms with E-state index in [9.17, 15) is 4.79 Å². The van der Waals surface area contributed by atoms with Crippen LogP contribution in [0.3, 0.4) is 0 Å². The van der Waals surface area contributed by atoms with Gasteiger partial charge in [0.05, 0.1) is 5.54 Å². The van der Waals surface area contributed by atoms with Crippen LogP contribution in [-0.4, -0.2) is 12.5 Å². The zero-order chi connectivity index (χ0) is 14.6. The number of halogens is 2. The number of carbonyl (C=O) groups excluding carboxylic acids is 1. The van der Waals surface area contributed by atoms with Gasteiger partial charge in [-0.2, -0.15) is 0 Å². The van der Waals surface area contributed by atoms with Crippen molar-refractivity contribution in [2.75, 3.05) is 6.54 Å². The molecule has 1 aliphatic rings. The summed E-state index contributed by atoms with van der Waals surface area (Å²) in [5.74, 6) is -0.0738. The van der Waals surface area contributed by atoms with E-state index in [1.807, 2.05) is 19.1 Å². The molecule has 2 rings (SSSR count). The average molecular weight is 376 g/mol. The number of carbonyl (C=O) groups is 1. The van der Waals surface area contributed by atoms with Crippen molar-refractivity contribution in [2.45, 2.75) is 44.6 Å². The van der Waals surface area contributed by atoms with Crippen molar-refractivity contribution in [1.82, 2.24) is 5.32 Å². The predicted octanol–water partition coefficient (Wildman–Crippen LogP) is 3.74. The molecule has 1 saturated carbocycles. The smallest absolute Gasteiger partial charge is 0.224 e. The Morgan fingerprint density at radius 1 is 1.38 bits per heavy atom. The molecule has 1 aromatic rings. The fourth-order valence-electron chi connectivity index (χ4n) is 2.89. The van der Waals surface area contributed by atoms with Gasteiger partial charge in [-0.25, -0.2) is 0 Å². The van der Waals surface area contributed by atoms with Gasteiger partial charge in [0.2, 0.25) is 5.91 Å². The van der Waals surface area contributed by atoms with Gasteiger partial charge in [0.1, 0.15) is 0 Å². The molecule has 1 aromatic carbocycles. The molecule has 1 aliphatic carbocycles. The zero-order valence-electron chi connectivity index (χ0n) is 12.4. The van der Waals surface area contributed by atoms with Crippen LogP contribution in [-0.2, 0) is 10.3 Å². The van der Waals surface area contributed by atoms with Crippen LogP contribution < -0.4 is 11.1 Å². The van der Waals surface area contributed by atoms with E-state index in [0.717, 1.165) is 30.2 Å². The van der Waals surface area contributed by atoms with Crippen LogP contribution in [0.15, 0.2) is 28.7 Å². The lowest BCUT2D eigenvalue weighted by Crippen LogP contribution is -2.49. The minimum atomic E-state index is -0.220. The molecule has 0 bridgehead atoms. The number of hydrogen-bond donors (Lipinski definition) is 2. The van der Waals surface area contributed by atoms with E-state index in [1.165, 1.54) is 12.0 Å². The lowest BCUT2D eigenvalue weighted by atomic mass is 9.76. The number of rotatable bonds is 4. The summed E-state index contributed by atoms with van der Waals surface area (Å²) in [6, 6.07) is 8.29. The van der Waals surface area contributed by atoms with Gasteiger partial charge >= 0.3 is 0 Å². The SMILES string of the molecule is CC(CN)C(=O)NC1(c2cccc(Br)c2)CCCCC1.Cl. The Hall–Kier alpha value is -0.580. The van der Waals surface area contributed by atoms with E-state index in [-0.39, 0.29) is 29.8 Å². The summed E-state index contributed by atoms with van der Waals surface area (Å²) >= 11 is 3.53. The second-order valence-electron chi connectivity index (χ2n) is 5.78. The van der Waals surface area contributed by atoms with E-state index in [0.29, 0.717) is 6.54 Å². The minimum absolute atomic E-state index is 0. The lowest BCUT2D eigenvalue weighted by Gasteiger charge is -2.39. The molecule has 21 heavy (non-hydrogen) atoms. The van der Waals surface area contributed by atoms with Gasteiger partial charge in [-0.1, -0.05) is 54.2 Å². The maximum absolute atomic E-state index is 12.3. The third kappa shape index (κ3) is 4.44. The van der Waals surface area contributed by atoms with E-state index in [1.54, 1.807) is 0 Å². The van der Waals surface area contributed by atoms with Gasteiger partial charge in [0.25, 0.3) is 0 Å². The molecule has 1 amide bonds. The van der Waals surface area contributed by atoms with Crippen LogP contribution in [0.5, 0.6) is 0 Å². The summed E-state index contributed by atoms with van der Waals surface area (Å²) in [7, 11) is 0. The highest BCUT2D eigenvalue weighted by atomic mass is 79.9. The maximum Gasteiger partial charge on any atom is 0.224 e. The third-order valence-electron chi connectivity index (χ3n) is 4.25. The van der Waals surface area contributed by atoms with Gasteiger partial charge in [-0.15, -0.1) is 12.4 Å². The molecule has 0 radical (unpaired) electrons. The predicted molar refractivity (Wildman–Crippen MR) is 92.5 cm³/mol. The quantitative estimate of drug-likeness (QED) is 0.842. The highest BCUT2D eigenvalue weighted by Gasteiger charge is 2.36. The molecule has 1 atom stereocenters. The van der Waals surface area contributed by atoms with Crippen molar-refractivity contribution >= 4 is 34.2 Å². The van der Waals surface area contributed by atoms with Gasteiger partial charge in [0.15, 0.2) is 0 Å². The molecule has 0 heterocycles. The largest absolute Gasteiger partial charge is 0.346 e. The molecule has 0 aliphatic heterocycles.